The maximum atomic E-state index is 3.52. The Bertz CT molecular complexity index is 326. The number of rotatable bonds is 2. The van der Waals surface area contributed by atoms with Gasteiger partial charge in [-0.15, -0.1) is 0 Å². The maximum Gasteiger partial charge on any atom is 0.0167 e. The number of hydrogen-bond donors (Lipinski definition) is 1. The van der Waals surface area contributed by atoms with Crippen molar-refractivity contribution in [2.24, 2.45) is 29.6 Å². The number of piperidine rings is 1. The Morgan fingerprint density at radius 2 is 1.67 bits per heavy atom. The third-order valence-corrected chi connectivity index (χ3v) is 7.07. The number of hydrogen-bond acceptors (Lipinski definition) is 2. The van der Waals surface area contributed by atoms with Gasteiger partial charge in [-0.3, -0.25) is 4.90 Å². The van der Waals surface area contributed by atoms with Crippen LogP contribution >= 0.6 is 0 Å². The van der Waals surface area contributed by atoms with Crippen LogP contribution in [0.5, 0.6) is 0 Å². The second kappa shape index (κ2) is 3.96. The smallest absolute Gasteiger partial charge is 0.0167 e. The number of nitrogens with zero attached hydrogens (tertiary/aromatic N) is 1. The number of fused-ring (bicyclic) bond motifs is 5. The molecule has 2 heteroatoms. The third kappa shape index (κ3) is 1.42. The van der Waals surface area contributed by atoms with Crippen LogP contribution in [0.1, 0.15) is 39.5 Å². The highest BCUT2D eigenvalue weighted by molar-refractivity contribution is 5.18. The van der Waals surface area contributed by atoms with Gasteiger partial charge in [-0.2, -0.15) is 0 Å². The minimum atomic E-state index is 0.742. The van der Waals surface area contributed by atoms with Crippen LogP contribution in [0.3, 0.4) is 0 Å². The van der Waals surface area contributed by atoms with Crippen molar-refractivity contribution >= 4 is 0 Å². The molecule has 0 aromatic carbocycles. The first-order chi connectivity index (χ1) is 8.72. The van der Waals surface area contributed by atoms with E-state index in [4.69, 9.17) is 0 Å². The van der Waals surface area contributed by atoms with Gasteiger partial charge in [-0.05, 0) is 69.2 Å². The highest BCUT2D eigenvalue weighted by atomic mass is 15.3. The normalized spacial score (nSPS) is 58.8. The minimum absolute atomic E-state index is 0.742. The van der Waals surface area contributed by atoms with Crippen LogP contribution in [-0.2, 0) is 0 Å². The molecule has 4 rings (SSSR count). The van der Waals surface area contributed by atoms with E-state index >= 15 is 0 Å². The van der Waals surface area contributed by atoms with E-state index in [0.717, 1.165) is 47.7 Å². The second-order valence-electron chi connectivity index (χ2n) is 7.50. The van der Waals surface area contributed by atoms with Crippen molar-refractivity contribution in [2.45, 2.75) is 57.7 Å². The molecule has 0 amide bonds. The van der Waals surface area contributed by atoms with E-state index in [1.165, 1.54) is 13.0 Å². The van der Waals surface area contributed by atoms with Crippen LogP contribution < -0.4 is 5.32 Å². The lowest BCUT2D eigenvalue weighted by Crippen LogP contribution is -2.54. The molecule has 0 aromatic heterocycles. The third-order valence-electron chi connectivity index (χ3n) is 7.07. The first-order valence-corrected chi connectivity index (χ1v) is 8.15. The zero-order valence-electron chi connectivity index (χ0n) is 12.1. The Labute approximate surface area is 111 Å². The second-order valence-corrected chi connectivity index (χ2v) is 7.50. The van der Waals surface area contributed by atoms with Gasteiger partial charge in [-0.1, -0.05) is 6.92 Å². The molecular formula is C16H28N2. The summed E-state index contributed by atoms with van der Waals surface area (Å²) in [6.45, 7) is 6.27. The fourth-order valence-corrected chi connectivity index (χ4v) is 5.94. The molecule has 0 radical (unpaired) electrons. The van der Waals surface area contributed by atoms with Crippen LogP contribution in [0.25, 0.3) is 0 Å². The topological polar surface area (TPSA) is 15.3 Å². The Morgan fingerprint density at radius 1 is 1.00 bits per heavy atom. The molecule has 3 aliphatic carbocycles. The highest BCUT2D eigenvalue weighted by Crippen LogP contribution is 2.67. The minimum Gasteiger partial charge on any atom is -0.317 e. The summed E-state index contributed by atoms with van der Waals surface area (Å²) in [7, 11) is 2.13. The molecule has 1 heterocycles. The molecule has 4 aliphatic rings. The first-order valence-electron chi connectivity index (χ1n) is 8.15. The molecule has 0 aromatic rings. The monoisotopic (exact) mass is 248 g/mol. The molecular weight excluding hydrogens is 220 g/mol. The van der Waals surface area contributed by atoms with E-state index in [9.17, 15) is 0 Å². The van der Waals surface area contributed by atoms with Gasteiger partial charge in [0, 0.05) is 24.7 Å². The van der Waals surface area contributed by atoms with Crippen molar-refractivity contribution in [1.82, 2.24) is 10.2 Å². The summed E-state index contributed by atoms with van der Waals surface area (Å²) < 4.78 is 0. The van der Waals surface area contributed by atoms with E-state index in [-0.39, 0.29) is 0 Å². The zero-order chi connectivity index (χ0) is 12.4. The van der Waals surface area contributed by atoms with Gasteiger partial charge >= 0.3 is 0 Å². The van der Waals surface area contributed by atoms with Gasteiger partial charge < -0.3 is 5.32 Å². The van der Waals surface area contributed by atoms with Gasteiger partial charge in [0.25, 0.3) is 0 Å². The molecule has 1 N–H and O–H groups in total. The fraction of sp³-hybridized carbons (Fsp3) is 1.00. The van der Waals surface area contributed by atoms with E-state index in [1.807, 2.05) is 0 Å². The number of nitrogens with one attached hydrogen (secondary N) is 1. The Morgan fingerprint density at radius 3 is 2.28 bits per heavy atom. The summed E-state index contributed by atoms with van der Waals surface area (Å²) >= 11 is 0. The summed E-state index contributed by atoms with van der Waals surface area (Å²) in [5, 5.41) is 3.52. The Hall–Kier alpha value is -0.0800. The Balaban J connectivity index is 1.48. The average molecular weight is 248 g/mol. The summed E-state index contributed by atoms with van der Waals surface area (Å²) in [6.07, 6.45) is 6.05. The van der Waals surface area contributed by atoms with Crippen LogP contribution in [0.2, 0.25) is 0 Å². The average Bonchev–Trinajstić information content (AvgIpc) is 2.80. The first kappa shape index (κ1) is 11.7. The zero-order valence-corrected chi connectivity index (χ0v) is 12.1. The fourth-order valence-electron chi connectivity index (χ4n) is 5.94. The summed E-state index contributed by atoms with van der Waals surface area (Å²) in [5.74, 6) is 5.28. The summed E-state index contributed by atoms with van der Waals surface area (Å²) in [5.41, 5.74) is 0. The Kier molecular flexibility index (Phi) is 2.58. The molecule has 1 saturated heterocycles. The van der Waals surface area contributed by atoms with Gasteiger partial charge in [0.2, 0.25) is 0 Å². The predicted molar refractivity (Wildman–Crippen MR) is 74.4 cm³/mol. The van der Waals surface area contributed by atoms with Crippen molar-refractivity contribution in [1.29, 1.82) is 0 Å². The van der Waals surface area contributed by atoms with E-state index in [2.05, 4.69) is 31.1 Å². The lowest BCUT2D eigenvalue weighted by molar-refractivity contribution is 0.0651. The van der Waals surface area contributed by atoms with E-state index in [1.54, 1.807) is 19.3 Å². The molecule has 4 fully saturated rings. The highest BCUT2D eigenvalue weighted by Gasteiger charge is 2.67. The largest absolute Gasteiger partial charge is 0.317 e. The van der Waals surface area contributed by atoms with Crippen molar-refractivity contribution in [2.75, 3.05) is 13.6 Å². The van der Waals surface area contributed by atoms with Crippen LogP contribution in [0, 0.1) is 29.6 Å². The maximum absolute atomic E-state index is 3.52. The number of likely N-dealkylation sites (tertiary alicyclic amines) is 1. The van der Waals surface area contributed by atoms with E-state index < -0.39 is 0 Å². The molecule has 2 nitrogen and oxygen atoms in total. The van der Waals surface area contributed by atoms with Crippen molar-refractivity contribution in [3.05, 3.63) is 0 Å². The summed E-state index contributed by atoms with van der Waals surface area (Å²) in [6, 6.07) is 2.52. The predicted octanol–water partition coefficient (Wildman–Crippen LogP) is 2.35. The molecule has 18 heavy (non-hydrogen) atoms. The van der Waals surface area contributed by atoms with Gasteiger partial charge in [0.15, 0.2) is 0 Å². The van der Waals surface area contributed by atoms with Crippen molar-refractivity contribution in [3.63, 3.8) is 0 Å². The van der Waals surface area contributed by atoms with Crippen molar-refractivity contribution < 1.29 is 0 Å². The molecule has 102 valence electrons. The molecule has 2 bridgehead atoms. The van der Waals surface area contributed by atoms with Crippen LogP contribution in [-0.4, -0.2) is 36.6 Å². The van der Waals surface area contributed by atoms with Crippen LogP contribution in [0.4, 0.5) is 0 Å². The molecule has 7 atom stereocenters. The lowest BCUT2D eigenvalue weighted by atomic mass is 9.86. The molecule has 7 unspecified atom stereocenters. The molecule has 1 aliphatic heterocycles. The standard InChI is InChI=1S/C16H28N2/c1-9-10(2)18(7-6-13(9)17-3)16-14-11-4-5-12(8-11)15(14)16/h9-17H,4-8H2,1-3H3. The van der Waals surface area contributed by atoms with Gasteiger partial charge in [0.05, 0.1) is 0 Å². The molecule has 0 spiro atoms. The lowest BCUT2D eigenvalue weighted by Gasteiger charge is -2.44. The van der Waals surface area contributed by atoms with Gasteiger partial charge in [-0.25, -0.2) is 0 Å². The van der Waals surface area contributed by atoms with Crippen molar-refractivity contribution in [3.8, 4) is 0 Å². The van der Waals surface area contributed by atoms with Crippen LogP contribution in [0.15, 0.2) is 0 Å². The quantitative estimate of drug-likeness (QED) is 0.807. The van der Waals surface area contributed by atoms with Gasteiger partial charge in [0.1, 0.15) is 0 Å². The SMILES string of the molecule is CNC1CCN(C2C3C4CCC(C4)C32)C(C)C1C. The summed E-state index contributed by atoms with van der Waals surface area (Å²) in [4.78, 5) is 2.90. The molecule has 3 saturated carbocycles. The van der Waals surface area contributed by atoms with E-state index in [0.29, 0.717) is 0 Å².